The summed E-state index contributed by atoms with van der Waals surface area (Å²) in [5.41, 5.74) is 4.00. The van der Waals surface area contributed by atoms with Crippen molar-refractivity contribution < 1.29 is 4.79 Å². The Labute approximate surface area is 116 Å². The first-order valence-corrected chi connectivity index (χ1v) is 7.05. The Bertz CT molecular complexity index is 413. The number of hydrogen-bond acceptors (Lipinski definition) is 2. The third kappa shape index (κ3) is 5.43. The monoisotopic (exact) mass is 262 g/mol. The summed E-state index contributed by atoms with van der Waals surface area (Å²) in [6.07, 6.45) is 1.44. The highest BCUT2D eigenvalue weighted by Gasteiger charge is 2.05. The van der Waals surface area contributed by atoms with E-state index in [0.29, 0.717) is 18.9 Å². The second-order valence-corrected chi connectivity index (χ2v) is 5.29. The summed E-state index contributed by atoms with van der Waals surface area (Å²) >= 11 is 0. The van der Waals surface area contributed by atoms with Crippen LogP contribution in [-0.2, 0) is 11.2 Å². The zero-order valence-electron chi connectivity index (χ0n) is 12.5. The van der Waals surface area contributed by atoms with E-state index in [9.17, 15) is 4.79 Å². The van der Waals surface area contributed by atoms with E-state index >= 15 is 0 Å². The van der Waals surface area contributed by atoms with Crippen LogP contribution in [0.25, 0.3) is 0 Å². The van der Waals surface area contributed by atoms with Crippen molar-refractivity contribution in [3.8, 4) is 0 Å². The quantitative estimate of drug-likeness (QED) is 0.792. The molecule has 3 heteroatoms. The largest absolute Gasteiger partial charge is 0.356 e. The molecule has 0 fully saturated rings. The van der Waals surface area contributed by atoms with Crippen molar-refractivity contribution in [3.05, 3.63) is 34.9 Å². The first-order chi connectivity index (χ1) is 9.04. The Hall–Kier alpha value is -1.35. The van der Waals surface area contributed by atoms with Crippen molar-refractivity contribution in [2.45, 2.75) is 39.5 Å². The van der Waals surface area contributed by atoms with E-state index in [0.717, 1.165) is 13.0 Å². The topological polar surface area (TPSA) is 41.1 Å². The average molecular weight is 262 g/mol. The van der Waals surface area contributed by atoms with Gasteiger partial charge in [-0.3, -0.25) is 4.79 Å². The summed E-state index contributed by atoms with van der Waals surface area (Å²) in [6.45, 7) is 7.98. The zero-order valence-corrected chi connectivity index (χ0v) is 12.5. The molecule has 0 spiro atoms. The van der Waals surface area contributed by atoms with Crippen molar-refractivity contribution in [1.82, 2.24) is 10.6 Å². The highest BCUT2D eigenvalue weighted by Crippen LogP contribution is 2.18. The number of carbonyl (C=O) groups excluding carboxylic acids is 1. The second-order valence-electron chi connectivity index (χ2n) is 5.29. The highest BCUT2D eigenvalue weighted by atomic mass is 16.1. The standard InChI is InChI=1S/C16H26N2O/c1-12(2)14-6-5-13(3)15(11-14)7-10-18-16(19)8-9-17-4/h5-6,11-12,17H,7-10H2,1-4H3,(H,18,19). The molecule has 0 saturated heterocycles. The third-order valence-corrected chi connectivity index (χ3v) is 3.36. The third-order valence-electron chi connectivity index (χ3n) is 3.36. The van der Waals surface area contributed by atoms with Crippen LogP contribution in [0.1, 0.15) is 42.9 Å². The minimum atomic E-state index is 0.118. The van der Waals surface area contributed by atoms with Crippen LogP contribution in [0.3, 0.4) is 0 Å². The van der Waals surface area contributed by atoms with E-state index in [1.165, 1.54) is 16.7 Å². The molecule has 0 saturated carbocycles. The van der Waals surface area contributed by atoms with Gasteiger partial charge in [-0.2, -0.15) is 0 Å². The van der Waals surface area contributed by atoms with Crippen molar-refractivity contribution in [3.63, 3.8) is 0 Å². The normalized spacial score (nSPS) is 10.8. The molecule has 2 N–H and O–H groups in total. The number of aryl methyl sites for hydroxylation is 1. The number of benzene rings is 1. The summed E-state index contributed by atoms with van der Waals surface area (Å²) in [5, 5.41) is 5.94. The van der Waals surface area contributed by atoms with E-state index in [1.807, 2.05) is 7.05 Å². The van der Waals surface area contributed by atoms with Gasteiger partial charge in [-0.1, -0.05) is 32.0 Å². The predicted molar refractivity (Wildman–Crippen MR) is 80.5 cm³/mol. The summed E-state index contributed by atoms with van der Waals surface area (Å²) in [7, 11) is 1.86. The minimum absolute atomic E-state index is 0.118. The maximum atomic E-state index is 11.5. The fourth-order valence-corrected chi connectivity index (χ4v) is 1.98. The lowest BCUT2D eigenvalue weighted by atomic mass is 9.96. The fourth-order valence-electron chi connectivity index (χ4n) is 1.98. The number of carbonyl (C=O) groups is 1. The van der Waals surface area contributed by atoms with Crippen LogP contribution in [0.5, 0.6) is 0 Å². The Balaban J connectivity index is 2.48. The zero-order chi connectivity index (χ0) is 14.3. The molecule has 19 heavy (non-hydrogen) atoms. The van der Waals surface area contributed by atoms with Crippen LogP contribution < -0.4 is 10.6 Å². The Morgan fingerprint density at radius 2 is 2.00 bits per heavy atom. The fraction of sp³-hybridized carbons (Fsp3) is 0.562. The summed E-state index contributed by atoms with van der Waals surface area (Å²) < 4.78 is 0. The molecule has 0 aromatic heterocycles. The Morgan fingerprint density at radius 3 is 2.63 bits per heavy atom. The maximum Gasteiger partial charge on any atom is 0.221 e. The number of amides is 1. The van der Waals surface area contributed by atoms with Crippen molar-refractivity contribution in [1.29, 1.82) is 0 Å². The van der Waals surface area contributed by atoms with Crippen LogP contribution in [-0.4, -0.2) is 26.0 Å². The predicted octanol–water partition coefficient (Wildman–Crippen LogP) is 2.39. The van der Waals surface area contributed by atoms with Gasteiger partial charge in [-0.05, 0) is 43.0 Å². The van der Waals surface area contributed by atoms with Crippen LogP contribution in [0.4, 0.5) is 0 Å². The molecule has 0 aliphatic carbocycles. The molecule has 0 aliphatic heterocycles. The molecular weight excluding hydrogens is 236 g/mol. The van der Waals surface area contributed by atoms with Gasteiger partial charge in [0, 0.05) is 19.5 Å². The molecule has 3 nitrogen and oxygen atoms in total. The smallest absolute Gasteiger partial charge is 0.221 e. The maximum absolute atomic E-state index is 11.5. The lowest BCUT2D eigenvalue weighted by Gasteiger charge is -2.12. The van der Waals surface area contributed by atoms with E-state index in [4.69, 9.17) is 0 Å². The molecule has 0 atom stereocenters. The molecular formula is C16H26N2O. The summed E-state index contributed by atoms with van der Waals surface area (Å²) in [4.78, 5) is 11.5. The molecule has 1 rings (SSSR count). The van der Waals surface area contributed by atoms with Gasteiger partial charge in [0.2, 0.25) is 5.91 Å². The first kappa shape index (κ1) is 15.7. The molecule has 0 unspecified atom stereocenters. The molecule has 0 radical (unpaired) electrons. The lowest BCUT2D eigenvalue weighted by molar-refractivity contribution is -0.120. The van der Waals surface area contributed by atoms with Crippen molar-refractivity contribution in [2.24, 2.45) is 0 Å². The molecule has 0 aliphatic rings. The molecule has 106 valence electrons. The molecule has 1 amide bonds. The summed E-state index contributed by atoms with van der Waals surface area (Å²) in [6, 6.07) is 6.63. The molecule has 1 aromatic rings. The second kappa shape index (κ2) is 7.95. The van der Waals surface area contributed by atoms with E-state index < -0.39 is 0 Å². The van der Waals surface area contributed by atoms with Crippen LogP contribution in [0, 0.1) is 6.92 Å². The van der Waals surface area contributed by atoms with Gasteiger partial charge in [0.05, 0.1) is 0 Å². The van der Waals surface area contributed by atoms with Crippen LogP contribution in [0.15, 0.2) is 18.2 Å². The summed E-state index contributed by atoms with van der Waals surface area (Å²) in [5.74, 6) is 0.664. The Morgan fingerprint density at radius 1 is 1.26 bits per heavy atom. The van der Waals surface area contributed by atoms with Gasteiger partial charge >= 0.3 is 0 Å². The van der Waals surface area contributed by atoms with Crippen molar-refractivity contribution >= 4 is 5.91 Å². The van der Waals surface area contributed by atoms with Gasteiger partial charge < -0.3 is 10.6 Å². The van der Waals surface area contributed by atoms with Gasteiger partial charge in [-0.25, -0.2) is 0 Å². The van der Waals surface area contributed by atoms with Gasteiger partial charge in [0.25, 0.3) is 0 Å². The highest BCUT2D eigenvalue weighted by molar-refractivity contribution is 5.76. The number of hydrogen-bond donors (Lipinski definition) is 2. The lowest BCUT2D eigenvalue weighted by Crippen LogP contribution is -2.28. The van der Waals surface area contributed by atoms with Gasteiger partial charge in [-0.15, -0.1) is 0 Å². The van der Waals surface area contributed by atoms with Crippen LogP contribution >= 0.6 is 0 Å². The minimum Gasteiger partial charge on any atom is -0.356 e. The Kier molecular flexibility index (Phi) is 6.57. The SMILES string of the molecule is CNCCC(=O)NCCc1cc(C(C)C)ccc1C. The van der Waals surface area contributed by atoms with Gasteiger partial charge in [0.1, 0.15) is 0 Å². The molecule has 0 heterocycles. The molecule has 1 aromatic carbocycles. The van der Waals surface area contributed by atoms with E-state index in [2.05, 4.69) is 49.6 Å². The van der Waals surface area contributed by atoms with E-state index in [-0.39, 0.29) is 5.91 Å². The van der Waals surface area contributed by atoms with Gasteiger partial charge in [0.15, 0.2) is 0 Å². The first-order valence-electron chi connectivity index (χ1n) is 7.05. The van der Waals surface area contributed by atoms with Crippen molar-refractivity contribution in [2.75, 3.05) is 20.1 Å². The number of rotatable bonds is 7. The average Bonchev–Trinajstić information content (AvgIpc) is 2.38. The molecule has 0 bridgehead atoms. The number of nitrogens with one attached hydrogen (secondary N) is 2. The van der Waals surface area contributed by atoms with E-state index in [1.54, 1.807) is 0 Å². The van der Waals surface area contributed by atoms with Crippen LogP contribution in [0.2, 0.25) is 0 Å².